The van der Waals surface area contributed by atoms with Gasteiger partial charge in [0.1, 0.15) is 43.0 Å². The molecule has 1 fully saturated rings. The lowest BCUT2D eigenvalue weighted by Crippen LogP contribution is -3.14. The lowest BCUT2D eigenvalue weighted by Gasteiger charge is -2.23. The molecule has 0 unspecified atom stereocenters. The lowest BCUT2D eigenvalue weighted by molar-refractivity contribution is -0.923. The highest BCUT2D eigenvalue weighted by Crippen LogP contribution is 2.15. The minimum atomic E-state index is 0. The minimum Gasteiger partial charge on any atom is -1.00 e. The Hall–Kier alpha value is -1.99. The standard InChI is InChI=1S/C22H28N4O2.2ClH/c1-2-28-19-9-7-18(8-10-19)17-23-22-24-20-5-3-4-6-21(20)26(22)12-11-25-13-15-27-16-14-25;;/h3-10H,2,11-17H2,1H3,(H,23,24);2*1H. The number of benzene rings is 2. The molecule has 1 saturated heterocycles. The summed E-state index contributed by atoms with van der Waals surface area (Å²) in [6.07, 6.45) is 0. The first-order valence-corrected chi connectivity index (χ1v) is 10.2. The van der Waals surface area contributed by atoms with Crippen LogP contribution in [0.25, 0.3) is 11.0 Å². The number of hydrogen-bond donors (Lipinski definition) is 3. The number of para-hydroxylation sites is 2. The van der Waals surface area contributed by atoms with Crippen molar-refractivity contribution in [2.24, 2.45) is 0 Å². The van der Waals surface area contributed by atoms with Gasteiger partial charge in [0.25, 0.3) is 0 Å². The molecule has 3 N–H and O–H groups in total. The summed E-state index contributed by atoms with van der Waals surface area (Å²) in [4.78, 5) is 5.16. The van der Waals surface area contributed by atoms with Gasteiger partial charge in [-0.1, -0.05) is 24.3 Å². The first-order valence-electron chi connectivity index (χ1n) is 10.2. The SMILES string of the molecule is CCOc1ccc(CNc2[nH]c3ccccc3[n+]2CC[NH+]2CCOCC2)cc1.[Cl-].[Cl-]. The molecule has 0 saturated carbocycles. The van der Waals surface area contributed by atoms with Crippen LogP contribution in [0.5, 0.6) is 5.75 Å². The van der Waals surface area contributed by atoms with Crippen molar-refractivity contribution in [3.8, 4) is 5.75 Å². The molecule has 0 aliphatic carbocycles. The fourth-order valence-corrected chi connectivity index (χ4v) is 3.74. The van der Waals surface area contributed by atoms with E-state index in [1.54, 1.807) is 4.90 Å². The molecular weight excluding hydrogens is 423 g/mol. The molecule has 8 heteroatoms. The van der Waals surface area contributed by atoms with Crippen LogP contribution in [0.4, 0.5) is 5.95 Å². The van der Waals surface area contributed by atoms with Crippen LogP contribution in [-0.4, -0.2) is 44.4 Å². The van der Waals surface area contributed by atoms with E-state index in [9.17, 15) is 0 Å². The van der Waals surface area contributed by atoms with Crippen LogP contribution in [-0.2, 0) is 17.8 Å². The second-order valence-corrected chi connectivity index (χ2v) is 7.19. The molecule has 2 heterocycles. The molecule has 2 aromatic carbocycles. The number of anilines is 1. The van der Waals surface area contributed by atoms with Gasteiger partial charge >= 0.3 is 5.95 Å². The number of nitrogens with zero attached hydrogens (tertiary/aromatic N) is 1. The van der Waals surface area contributed by atoms with Gasteiger partial charge in [-0.05, 0) is 36.8 Å². The van der Waals surface area contributed by atoms with Gasteiger partial charge in [0.2, 0.25) is 0 Å². The van der Waals surface area contributed by atoms with E-state index in [-0.39, 0.29) is 24.8 Å². The van der Waals surface area contributed by atoms with E-state index in [0.29, 0.717) is 6.61 Å². The molecule has 30 heavy (non-hydrogen) atoms. The van der Waals surface area contributed by atoms with Crippen molar-refractivity contribution in [3.63, 3.8) is 0 Å². The average molecular weight is 453 g/mol. The average Bonchev–Trinajstić information content (AvgIpc) is 3.10. The Morgan fingerprint density at radius 1 is 1.07 bits per heavy atom. The van der Waals surface area contributed by atoms with Gasteiger partial charge in [0.15, 0.2) is 0 Å². The molecule has 1 aliphatic heterocycles. The molecule has 1 aliphatic rings. The van der Waals surface area contributed by atoms with Crippen LogP contribution >= 0.6 is 0 Å². The van der Waals surface area contributed by atoms with Crippen molar-refractivity contribution in [1.82, 2.24) is 4.98 Å². The minimum absolute atomic E-state index is 0. The van der Waals surface area contributed by atoms with Crippen LogP contribution in [0, 0.1) is 0 Å². The smallest absolute Gasteiger partial charge is 0.356 e. The van der Waals surface area contributed by atoms with Crippen molar-refractivity contribution < 1.29 is 43.8 Å². The first kappa shape index (κ1) is 24.3. The monoisotopic (exact) mass is 452 g/mol. The molecule has 3 aromatic rings. The summed E-state index contributed by atoms with van der Waals surface area (Å²) >= 11 is 0. The number of halogens is 2. The molecule has 1 aromatic heterocycles. The molecule has 0 radical (unpaired) electrons. The van der Waals surface area contributed by atoms with Gasteiger partial charge in [-0.15, -0.1) is 0 Å². The van der Waals surface area contributed by atoms with Crippen molar-refractivity contribution >= 4 is 17.0 Å². The molecule has 0 spiro atoms. The predicted molar refractivity (Wildman–Crippen MR) is 110 cm³/mol. The largest absolute Gasteiger partial charge is 1.00 e. The zero-order chi connectivity index (χ0) is 19.2. The maximum atomic E-state index is 5.53. The number of nitrogens with one attached hydrogen (secondary N) is 3. The van der Waals surface area contributed by atoms with E-state index in [1.807, 2.05) is 19.1 Å². The zero-order valence-electron chi connectivity index (χ0n) is 17.3. The molecular formula is C22H30Cl2N4O2. The van der Waals surface area contributed by atoms with E-state index in [2.05, 4.69) is 51.3 Å². The third kappa shape index (κ3) is 6.01. The number of rotatable bonds is 8. The van der Waals surface area contributed by atoms with Gasteiger partial charge in [-0.3, -0.25) is 5.32 Å². The molecule has 0 atom stereocenters. The summed E-state index contributed by atoms with van der Waals surface area (Å²) in [6, 6.07) is 16.8. The summed E-state index contributed by atoms with van der Waals surface area (Å²) in [6.45, 7) is 9.48. The Morgan fingerprint density at radius 2 is 1.80 bits per heavy atom. The number of imidazole rings is 1. The highest BCUT2D eigenvalue weighted by Gasteiger charge is 2.20. The molecule has 164 valence electrons. The Balaban J connectivity index is 0.00000160. The molecule has 6 nitrogen and oxygen atoms in total. The van der Waals surface area contributed by atoms with Crippen molar-refractivity contribution in [2.75, 3.05) is 44.8 Å². The highest BCUT2D eigenvalue weighted by molar-refractivity contribution is 5.72. The Labute approximate surface area is 190 Å². The van der Waals surface area contributed by atoms with Crippen LogP contribution in [0.1, 0.15) is 12.5 Å². The number of morpholine rings is 1. The lowest BCUT2D eigenvalue weighted by atomic mass is 10.2. The van der Waals surface area contributed by atoms with E-state index in [0.717, 1.165) is 63.2 Å². The number of ether oxygens (including phenoxy) is 2. The summed E-state index contributed by atoms with van der Waals surface area (Å²) in [7, 11) is 0. The molecule has 0 amide bonds. The summed E-state index contributed by atoms with van der Waals surface area (Å²) in [5.74, 6) is 1.98. The van der Waals surface area contributed by atoms with E-state index in [4.69, 9.17) is 9.47 Å². The van der Waals surface area contributed by atoms with Crippen molar-refractivity contribution in [3.05, 3.63) is 54.1 Å². The fraction of sp³-hybridized carbons (Fsp3) is 0.409. The van der Waals surface area contributed by atoms with Gasteiger partial charge < -0.3 is 39.2 Å². The van der Waals surface area contributed by atoms with Crippen LogP contribution in [0.15, 0.2) is 48.5 Å². The second kappa shape index (κ2) is 12.0. The highest BCUT2D eigenvalue weighted by atomic mass is 35.5. The zero-order valence-corrected chi connectivity index (χ0v) is 18.8. The van der Waals surface area contributed by atoms with Gasteiger partial charge in [-0.2, -0.15) is 0 Å². The third-order valence-corrected chi connectivity index (χ3v) is 5.30. The van der Waals surface area contributed by atoms with Gasteiger partial charge in [0, 0.05) is 0 Å². The number of quaternary nitrogens is 1. The Kier molecular flexibility index (Phi) is 9.72. The maximum absolute atomic E-state index is 5.53. The van der Waals surface area contributed by atoms with Crippen LogP contribution in [0.2, 0.25) is 0 Å². The van der Waals surface area contributed by atoms with Crippen LogP contribution in [0.3, 0.4) is 0 Å². The number of aromatic amines is 1. The van der Waals surface area contributed by atoms with E-state index < -0.39 is 0 Å². The predicted octanol–water partition coefficient (Wildman–Crippen LogP) is -4.61. The fourth-order valence-electron chi connectivity index (χ4n) is 3.74. The summed E-state index contributed by atoms with van der Waals surface area (Å²) in [5, 5.41) is 3.59. The summed E-state index contributed by atoms with van der Waals surface area (Å²) in [5.41, 5.74) is 3.63. The Morgan fingerprint density at radius 3 is 2.53 bits per heavy atom. The van der Waals surface area contributed by atoms with Crippen molar-refractivity contribution in [1.29, 1.82) is 0 Å². The number of H-pyrrole nitrogens is 1. The Bertz CT molecular complexity index is 896. The van der Waals surface area contributed by atoms with Crippen LogP contribution < -0.4 is 44.3 Å². The third-order valence-electron chi connectivity index (χ3n) is 5.30. The van der Waals surface area contributed by atoms with Crippen molar-refractivity contribution in [2.45, 2.75) is 20.0 Å². The number of fused-ring (bicyclic) bond motifs is 1. The number of hydrogen-bond acceptors (Lipinski definition) is 3. The maximum Gasteiger partial charge on any atom is 0.356 e. The molecule has 4 rings (SSSR count). The normalized spacial score (nSPS) is 14.0. The second-order valence-electron chi connectivity index (χ2n) is 7.19. The van der Waals surface area contributed by atoms with E-state index >= 15 is 0 Å². The first-order chi connectivity index (χ1) is 13.8. The van der Waals surface area contributed by atoms with Gasteiger partial charge in [-0.25, -0.2) is 9.55 Å². The topological polar surface area (TPSA) is 54.6 Å². The van der Waals surface area contributed by atoms with Gasteiger partial charge in [0.05, 0.1) is 26.4 Å². The quantitative estimate of drug-likeness (QED) is 0.301. The van der Waals surface area contributed by atoms with E-state index in [1.165, 1.54) is 11.1 Å². The molecule has 0 bridgehead atoms. The summed E-state index contributed by atoms with van der Waals surface area (Å²) < 4.78 is 13.4. The number of aromatic nitrogens is 2.